The molecular formula is C16H14ClN3O3S. The number of methoxy groups -OCH3 is 1. The molecule has 0 aliphatic rings. The van der Waals surface area contributed by atoms with Crippen molar-refractivity contribution in [3.63, 3.8) is 0 Å². The van der Waals surface area contributed by atoms with Crippen LogP contribution in [0.5, 0.6) is 5.75 Å². The second kappa shape index (κ2) is 8.28. The smallest absolute Gasteiger partial charge is 0.271 e. The maximum absolute atomic E-state index is 12.0. The van der Waals surface area contributed by atoms with E-state index in [2.05, 4.69) is 16.2 Å². The molecule has 8 heteroatoms. The summed E-state index contributed by atoms with van der Waals surface area (Å²) < 4.78 is 5.02. The van der Waals surface area contributed by atoms with Crippen LogP contribution in [0.1, 0.15) is 20.7 Å². The third kappa shape index (κ3) is 4.68. The number of rotatable bonds is 3. The van der Waals surface area contributed by atoms with Crippen molar-refractivity contribution >= 4 is 40.7 Å². The molecule has 0 aromatic heterocycles. The number of amides is 2. The topological polar surface area (TPSA) is 79.5 Å². The van der Waals surface area contributed by atoms with Crippen molar-refractivity contribution in [1.82, 2.24) is 16.2 Å². The third-order valence-electron chi connectivity index (χ3n) is 2.99. The highest BCUT2D eigenvalue weighted by Gasteiger charge is 2.11. The molecule has 2 amide bonds. The zero-order chi connectivity index (χ0) is 17.5. The van der Waals surface area contributed by atoms with Crippen LogP contribution >= 0.6 is 23.8 Å². The van der Waals surface area contributed by atoms with Crippen LogP contribution in [0.3, 0.4) is 0 Å². The first kappa shape index (κ1) is 17.7. The van der Waals surface area contributed by atoms with E-state index in [0.717, 1.165) is 0 Å². The minimum absolute atomic E-state index is 0.0452. The van der Waals surface area contributed by atoms with Crippen LogP contribution in [0, 0.1) is 0 Å². The summed E-state index contributed by atoms with van der Waals surface area (Å²) in [5.41, 5.74) is 5.50. The lowest BCUT2D eigenvalue weighted by atomic mass is 10.2. The highest BCUT2D eigenvalue weighted by molar-refractivity contribution is 7.80. The molecule has 0 atom stereocenters. The van der Waals surface area contributed by atoms with Gasteiger partial charge in [-0.2, -0.15) is 0 Å². The molecule has 0 saturated heterocycles. The molecule has 0 bridgehead atoms. The van der Waals surface area contributed by atoms with Gasteiger partial charge in [0.15, 0.2) is 5.11 Å². The molecule has 24 heavy (non-hydrogen) atoms. The molecule has 3 N–H and O–H groups in total. The Morgan fingerprint density at radius 3 is 2.29 bits per heavy atom. The van der Waals surface area contributed by atoms with Gasteiger partial charge in [-0.1, -0.05) is 23.7 Å². The summed E-state index contributed by atoms with van der Waals surface area (Å²) >= 11 is 10.9. The zero-order valence-electron chi connectivity index (χ0n) is 12.6. The van der Waals surface area contributed by atoms with E-state index in [1.54, 1.807) is 48.5 Å². The summed E-state index contributed by atoms with van der Waals surface area (Å²) in [7, 11) is 1.54. The maximum atomic E-state index is 12.0. The molecule has 0 unspecified atom stereocenters. The number of carbonyl (C=O) groups is 2. The average molecular weight is 364 g/mol. The Morgan fingerprint density at radius 1 is 1.00 bits per heavy atom. The van der Waals surface area contributed by atoms with E-state index in [9.17, 15) is 9.59 Å². The first-order chi connectivity index (χ1) is 11.5. The van der Waals surface area contributed by atoms with Gasteiger partial charge in [0.2, 0.25) is 0 Å². The molecule has 0 radical (unpaired) electrons. The van der Waals surface area contributed by atoms with Crippen molar-refractivity contribution in [2.45, 2.75) is 0 Å². The van der Waals surface area contributed by atoms with Crippen LogP contribution in [0.15, 0.2) is 48.5 Å². The number of hydrogen-bond donors (Lipinski definition) is 3. The Bertz CT molecular complexity index is 765. The van der Waals surface area contributed by atoms with Crippen molar-refractivity contribution in [1.29, 1.82) is 0 Å². The van der Waals surface area contributed by atoms with E-state index >= 15 is 0 Å². The molecular weight excluding hydrogens is 350 g/mol. The molecule has 6 nitrogen and oxygen atoms in total. The van der Waals surface area contributed by atoms with E-state index < -0.39 is 11.8 Å². The largest absolute Gasteiger partial charge is 0.497 e. The van der Waals surface area contributed by atoms with Crippen LogP contribution in [-0.4, -0.2) is 24.0 Å². The summed E-state index contributed by atoms with van der Waals surface area (Å²) in [5, 5.41) is 2.71. The van der Waals surface area contributed by atoms with E-state index in [0.29, 0.717) is 16.3 Å². The molecule has 2 aromatic carbocycles. The Morgan fingerprint density at radius 2 is 1.67 bits per heavy atom. The predicted octanol–water partition coefficient (Wildman–Crippen LogP) is 2.30. The number of thiocarbonyl (C=S) groups is 1. The first-order valence-electron chi connectivity index (χ1n) is 6.81. The van der Waals surface area contributed by atoms with Crippen molar-refractivity contribution < 1.29 is 14.3 Å². The van der Waals surface area contributed by atoms with Crippen LogP contribution in [0.2, 0.25) is 5.02 Å². The van der Waals surface area contributed by atoms with E-state index in [1.165, 1.54) is 7.11 Å². The maximum Gasteiger partial charge on any atom is 0.271 e. The van der Waals surface area contributed by atoms with Crippen LogP contribution in [0.25, 0.3) is 0 Å². The molecule has 0 aliphatic carbocycles. The number of hydrogen-bond acceptors (Lipinski definition) is 4. The highest BCUT2D eigenvalue weighted by Crippen LogP contribution is 2.14. The number of nitrogens with one attached hydrogen (secondary N) is 3. The van der Waals surface area contributed by atoms with Gasteiger partial charge in [-0.3, -0.25) is 25.8 Å². The third-order valence-corrected chi connectivity index (χ3v) is 3.52. The summed E-state index contributed by atoms with van der Waals surface area (Å²) in [6, 6.07) is 13.1. The number of benzene rings is 2. The molecule has 0 aliphatic heterocycles. The molecule has 0 spiro atoms. The minimum atomic E-state index is -0.471. The predicted molar refractivity (Wildman–Crippen MR) is 95.1 cm³/mol. The lowest BCUT2D eigenvalue weighted by molar-refractivity contribution is 0.0934. The lowest BCUT2D eigenvalue weighted by Gasteiger charge is -2.11. The Kier molecular flexibility index (Phi) is 6.11. The second-order valence-corrected chi connectivity index (χ2v) is 5.39. The van der Waals surface area contributed by atoms with Crippen molar-refractivity contribution in [2.75, 3.05) is 7.11 Å². The van der Waals surface area contributed by atoms with Crippen molar-refractivity contribution in [3.05, 3.63) is 64.7 Å². The monoisotopic (exact) mass is 363 g/mol. The van der Waals surface area contributed by atoms with Crippen LogP contribution in [0.4, 0.5) is 0 Å². The van der Waals surface area contributed by atoms with Gasteiger partial charge < -0.3 is 4.74 Å². The number of carbonyl (C=O) groups excluding carboxylic acids is 2. The van der Waals surface area contributed by atoms with Gasteiger partial charge in [0.1, 0.15) is 5.75 Å². The first-order valence-corrected chi connectivity index (χ1v) is 7.60. The standard InChI is InChI=1S/C16H14ClN3O3S/c1-23-11-8-6-10(7-9-11)14(21)18-16(24)20-19-15(22)12-4-2-3-5-13(12)17/h2-9H,1H3,(H,19,22)(H2,18,20,21,24). The Balaban J connectivity index is 1.87. The number of ether oxygens (including phenoxy) is 1. The van der Waals surface area contributed by atoms with Gasteiger partial charge in [-0.25, -0.2) is 0 Å². The fourth-order valence-corrected chi connectivity index (χ4v) is 2.14. The Hall–Kier alpha value is -2.64. The normalized spacial score (nSPS) is 9.75. The summed E-state index contributed by atoms with van der Waals surface area (Å²) in [6.45, 7) is 0. The van der Waals surface area contributed by atoms with Gasteiger partial charge in [0, 0.05) is 5.56 Å². The summed E-state index contributed by atoms with van der Waals surface area (Å²) in [5.74, 6) is -0.247. The highest BCUT2D eigenvalue weighted by atomic mass is 35.5. The van der Waals surface area contributed by atoms with Gasteiger partial charge in [0.25, 0.3) is 11.8 Å². The quantitative estimate of drug-likeness (QED) is 0.576. The van der Waals surface area contributed by atoms with E-state index in [4.69, 9.17) is 28.6 Å². The summed E-state index contributed by atoms with van der Waals surface area (Å²) in [4.78, 5) is 24.0. The van der Waals surface area contributed by atoms with E-state index in [-0.39, 0.29) is 10.7 Å². The fraction of sp³-hybridized carbons (Fsp3) is 0.0625. The summed E-state index contributed by atoms with van der Waals surface area (Å²) in [6.07, 6.45) is 0. The van der Waals surface area contributed by atoms with Gasteiger partial charge >= 0.3 is 0 Å². The minimum Gasteiger partial charge on any atom is -0.497 e. The van der Waals surface area contributed by atoms with Crippen molar-refractivity contribution in [3.8, 4) is 5.75 Å². The molecule has 0 fully saturated rings. The Labute approximate surface area is 149 Å². The second-order valence-electron chi connectivity index (χ2n) is 4.57. The van der Waals surface area contributed by atoms with Gasteiger partial charge in [-0.05, 0) is 48.6 Å². The molecule has 2 rings (SSSR count). The van der Waals surface area contributed by atoms with Crippen LogP contribution < -0.4 is 20.9 Å². The molecule has 2 aromatic rings. The van der Waals surface area contributed by atoms with Crippen molar-refractivity contribution in [2.24, 2.45) is 0 Å². The molecule has 0 heterocycles. The lowest BCUT2D eigenvalue weighted by Crippen LogP contribution is -2.48. The fourth-order valence-electron chi connectivity index (χ4n) is 1.78. The molecule has 124 valence electrons. The number of hydrazine groups is 1. The SMILES string of the molecule is COc1ccc(C(=O)NC(=S)NNC(=O)c2ccccc2Cl)cc1. The zero-order valence-corrected chi connectivity index (χ0v) is 14.2. The average Bonchev–Trinajstić information content (AvgIpc) is 2.60. The van der Waals surface area contributed by atoms with Gasteiger partial charge in [0.05, 0.1) is 17.7 Å². The number of halogens is 1. The van der Waals surface area contributed by atoms with Crippen LogP contribution in [-0.2, 0) is 0 Å². The van der Waals surface area contributed by atoms with Gasteiger partial charge in [-0.15, -0.1) is 0 Å². The molecule has 0 saturated carbocycles. The van der Waals surface area contributed by atoms with E-state index in [1.807, 2.05) is 0 Å².